The van der Waals surface area contributed by atoms with Crippen LogP contribution in [0.3, 0.4) is 0 Å². The summed E-state index contributed by atoms with van der Waals surface area (Å²) in [5.41, 5.74) is 0.599. The molecule has 0 unspecified atom stereocenters. The molecule has 98 valence electrons. The molecule has 0 heterocycles. The van der Waals surface area contributed by atoms with E-state index in [4.69, 9.17) is 33.2 Å². The Hall–Kier alpha value is -0.910. The Balaban J connectivity index is 2.47. The van der Waals surface area contributed by atoms with Gasteiger partial charge in [0.25, 0.3) is 0 Å². The van der Waals surface area contributed by atoms with E-state index in [-0.39, 0.29) is 5.41 Å². The molecule has 0 N–H and O–H groups in total. The van der Waals surface area contributed by atoms with Crippen molar-refractivity contribution < 1.29 is 4.74 Å². The van der Waals surface area contributed by atoms with E-state index in [9.17, 15) is 0 Å². The normalized spacial score (nSPS) is 11.1. The van der Waals surface area contributed by atoms with Gasteiger partial charge in [-0.1, -0.05) is 11.6 Å². The number of hydrogen-bond donors (Lipinski definition) is 0. The molecule has 4 heteroatoms. The fraction of sp³-hybridized carbons (Fsp3) is 0.500. The molecule has 0 amide bonds. The molecule has 0 spiro atoms. The highest BCUT2D eigenvalue weighted by atomic mass is 35.5. The average Bonchev–Trinajstić information content (AvgIpc) is 2.36. The summed E-state index contributed by atoms with van der Waals surface area (Å²) in [6.45, 7) is 4.44. The molecule has 0 aliphatic heterocycles. The van der Waals surface area contributed by atoms with Crippen LogP contribution in [0.5, 0.6) is 5.75 Å². The molecule has 0 radical (unpaired) electrons. The van der Waals surface area contributed by atoms with Crippen LogP contribution < -0.4 is 4.74 Å². The summed E-state index contributed by atoms with van der Waals surface area (Å²) in [5.74, 6) is 1.14. The molecule has 0 bridgehead atoms. The first kappa shape index (κ1) is 15.1. The Kier molecular flexibility index (Phi) is 5.78. The van der Waals surface area contributed by atoms with Gasteiger partial charge in [-0.2, -0.15) is 5.26 Å². The van der Waals surface area contributed by atoms with Crippen LogP contribution in [0.4, 0.5) is 0 Å². The van der Waals surface area contributed by atoms with Crippen LogP contribution in [0.25, 0.3) is 0 Å². The van der Waals surface area contributed by atoms with Crippen LogP contribution in [-0.4, -0.2) is 6.61 Å². The number of halogens is 2. The third-order valence-corrected chi connectivity index (χ3v) is 3.20. The molecule has 0 aromatic heterocycles. The van der Waals surface area contributed by atoms with Crippen molar-refractivity contribution in [1.82, 2.24) is 0 Å². The average molecular weight is 286 g/mol. The quantitative estimate of drug-likeness (QED) is 0.556. The third-order valence-electron chi connectivity index (χ3n) is 2.67. The highest BCUT2D eigenvalue weighted by Gasteiger charge is 2.15. The lowest BCUT2D eigenvalue weighted by Crippen LogP contribution is -2.10. The van der Waals surface area contributed by atoms with E-state index in [0.29, 0.717) is 17.5 Å². The van der Waals surface area contributed by atoms with Gasteiger partial charge in [-0.3, -0.25) is 0 Å². The van der Waals surface area contributed by atoms with Gasteiger partial charge in [0.2, 0.25) is 0 Å². The number of nitriles is 1. The van der Waals surface area contributed by atoms with Gasteiger partial charge in [0.1, 0.15) is 5.75 Å². The number of rotatable bonds is 6. The Morgan fingerprint density at radius 1 is 1.39 bits per heavy atom. The Labute approximate surface area is 118 Å². The molecule has 0 saturated carbocycles. The van der Waals surface area contributed by atoms with Gasteiger partial charge in [0.05, 0.1) is 24.0 Å². The van der Waals surface area contributed by atoms with Gasteiger partial charge in [0.15, 0.2) is 0 Å². The van der Waals surface area contributed by atoms with Crippen LogP contribution in [0.1, 0.15) is 32.3 Å². The van der Waals surface area contributed by atoms with E-state index in [2.05, 4.69) is 6.07 Å². The van der Waals surface area contributed by atoms with Crippen molar-refractivity contribution >= 4 is 23.2 Å². The molecule has 0 atom stereocenters. The molecule has 0 fully saturated rings. The zero-order chi connectivity index (χ0) is 13.6. The predicted molar refractivity (Wildman–Crippen MR) is 75.1 cm³/mol. The van der Waals surface area contributed by atoms with Gasteiger partial charge in [-0.25, -0.2) is 0 Å². The minimum Gasteiger partial charge on any atom is -0.493 e. The van der Waals surface area contributed by atoms with E-state index in [1.54, 1.807) is 6.07 Å². The van der Waals surface area contributed by atoms with Crippen LogP contribution in [0.15, 0.2) is 18.2 Å². The Morgan fingerprint density at radius 2 is 2.11 bits per heavy atom. The second-order valence-corrected chi connectivity index (χ2v) is 5.54. The number of benzene rings is 1. The summed E-state index contributed by atoms with van der Waals surface area (Å²) in [6.07, 6.45) is 1.65. The van der Waals surface area contributed by atoms with Crippen molar-refractivity contribution in [2.45, 2.75) is 32.6 Å². The standard InChI is InChI=1S/C14H17Cl2NO/c1-14(2,10-17)6-3-7-18-13-5-4-12(16)8-11(13)9-15/h4-5,8H,3,6-7,9H2,1-2H3. The molecule has 0 aliphatic carbocycles. The molecule has 0 saturated heterocycles. The SMILES string of the molecule is CC(C)(C#N)CCCOc1ccc(Cl)cc1CCl. The summed E-state index contributed by atoms with van der Waals surface area (Å²) in [6, 6.07) is 7.70. The molecule has 1 rings (SSSR count). The second kappa shape index (κ2) is 6.87. The van der Waals surface area contributed by atoms with Crippen molar-refractivity contribution in [3.8, 4) is 11.8 Å². The molecule has 2 nitrogen and oxygen atoms in total. The lowest BCUT2D eigenvalue weighted by atomic mass is 9.90. The molecule has 0 aliphatic rings. The highest BCUT2D eigenvalue weighted by Crippen LogP contribution is 2.25. The van der Waals surface area contributed by atoms with Crippen molar-refractivity contribution in [2.75, 3.05) is 6.61 Å². The number of nitrogens with zero attached hydrogens (tertiary/aromatic N) is 1. The summed E-state index contributed by atoms with van der Waals surface area (Å²) in [4.78, 5) is 0. The Bertz CT molecular complexity index is 438. The first-order valence-electron chi connectivity index (χ1n) is 5.87. The maximum atomic E-state index is 8.90. The van der Waals surface area contributed by atoms with Crippen LogP contribution >= 0.6 is 23.2 Å². The molecule has 1 aromatic rings. The van der Waals surface area contributed by atoms with E-state index >= 15 is 0 Å². The molecule has 18 heavy (non-hydrogen) atoms. The summed E-state index contributed by atoms with van der Waals surface area (Å²) < 4.78 is 5.67. The zero-order valence-corrected chi connectivity index (χ0v) is 12.2. The fourth-order valence-corrected chi connectivity index (χ4v) is 1.95. The minimum atomic E-state index is -0.293. The van der Waals surface area contributed by atoms with Crippen LogP contribution in [0.2, 0.25) is 5.02 Å². The van der Waals surface area contributed by atoms with E-state index in [1.165, 1.54) is 0 Å². The largest absolute Gasteiger partial charge is 0.493 e. The first-order valence-corrected chi connectivity index (χ1v) is 6.78. The van der Waals surface area contributed by atoms with Gasteiger partial charge in [0, 0.05) is 10.6 Å². The summed E-state index contributed by atoms with van der Waals surface area (Å²) >= 11 is 11.7. The van der Waals surface area contributed by atoms with E-state index in [0.717, 1.165) is 24.2 Å². The second-order valence-electron chi connectivity index (χ2n) is 4.83. The van der Waals surface area contributed by atoms with Crippen molar-refractivity contribution in [2.24, 2.45) is 5.41 Å². The predicted octanol–water partition coefficient (Wildman–Crippen LogP) is 4.79. The Morgan fingerprint density at radius 3 is 2.72 bits per heavy atom. The summed E-state index contributed by atoms with van der Waals surface area (Å²) in [7, 11) is 0. The number of hydrogen-bond acceptors (Lipinski definition) is 2. The van der Waals surface area contributed by atoms with E-state index in [1.807, 2.05) is 26.0 Å². The summed E-state index contributed by atoms with van der Waals surface area (Å²) in [5, 5.41) is 9.56. The fourth-order valence-electron chi connectivity index (χ4n) is 1.55. The maximum absolute atomic E-state index is 8.90. The molecular formula is C14H17Cl2NO. The van der Waals surface area contributed by atoms with Gasteiger partial charge in [-0.05, 0) is 44.9 Å². The highest BCUT2D eigenvalue weighted by molar-refractivity contribution is 6.30. The van der Waals surface area contributed by atoms with Crippen molar-refractivity contribution in [3.63, 3.8) is 0 Å². The van der Waals surface area contributed by atoms with Gasteiger partial charge in [-0.15, -0.1) is 11.6 Å². The maximum Gasteiger partial charge on any atom is 0.123 e. The smallest absolute Gasteiger partial charge is 0.123 e. The van der Waals surface area contributed by atoms with Crippen molar-refractivity contribution in [3.05, 3.63) is 28.8 Å². The molecular weight excluding hydrogens is 269 g/mol. The zero-order valence-electron chi connectivity index (χ0n) is 10.7. The first-order chi connectivity index (χ1) is 8.48. The third kappa shape index (κ3) is 4.76. The lowest BCUT2D eigenvalue weighted by molar-refractivity contribution is 0.282. The lowest BCUT2D eigenvalue weighted by Gasteiger charge is -2.15. The van der Waals surface area contributed by atoms with Crippen LogP contribution in [-0.2, 0) is 5.88 Å². The van der Waals surface area contributed by atoms with Crippen molar-refractivity contribution in [1.29, 1.82) is 5.26 Å². The molecule has 1 aromatic carbocycles. The number of alkyl halides is 1. The van der Waals surface area contributed by atoms with E-state index < -0.39 is 0 Å². The minimum absolute atomic E-state index is 0.293. The number of ether oxygens (including phenoxy) is 1. The van der Waals surface area contributed by atoms with Crippen LogP contribution in [0, 0.1) is 16.7 Å². The topological polar surface area (TPSA) is 33.0 Å². The van der Waals surface area contributed by atoms with Gasteiger partial charge >= 0.3 is 0 Å². The van der Waals surface area contributed by atoms with Gasteiger partial charge < -0.3 is 4.74 Å². The monoisotopic (exact) mass is 285 g/mol.